The fourth-order valence-corrected chi connectivity index (χ4v) is 7.47. The molecular formula is C25H32N2O2. The second-order valence-electron chi connectivity index (χ2n) is 10.2. The molecule has 2 heterocycles. The Hall–Kier alpha value is -1.94. The van der Waals surface area contributed by atoms with Crippen LogP contribution < -0.4 is 0 Å². The van der Waals surface area contributed by atoms with E-state index in [9.17, 15) is 9.90 Å². The van der Waals surface area contributed by atoms with Crippen LogP contribution in [0.25, 0.3) is 6.08 Å². The molecular weight excluding hydrogens is 360 g/mol. The summed E-state index contributed by atoms with van der Waals surface area (Å²) in [6.07, 6.45) is 13.1. The van der Waals surface area contributed by atoms with Crippen molar-refractivity contribution >= 4 is 12.0 Å². The quantitative estimate of drug-likeness (QED) is 0.784. The van der Waals surface area contributed by atoms with Crippen LogP contribution in [0.3, 0.4) is 0 Å². The van der Waals surface area contributed by atoms with E-state index in [0.29, 0.717) is 17.8 Å². The third kappa shape index (κ3) is 2.68. The Bertz CT molecular complexity index is 878. The van der Waals surface area contributed by atoms with Crippen LogP contribution >= 0.6 is 0 Å². The van der Waals surface area contributed by atoms with Crippen LogP contribution in [0.2, 0.25) is 0 Å². The molecule has 1 N–H and O–H groups in total. The average Bonchev–Trinajstić information content (AvgIpc) is 3.01. The molecule has 1 aromatic rings. The van der Waals surface area contributed by atoms with E-state index in [1.165, 1.54) is 5.57 Å². The van der Waals surface area contributed by atoms with Crippen molar-refractivity contribution in [1.29, 1.82) is 0 Å². The lowest BCUT2D eigenvalue weighted by molar-refractivity contribution is -0.135. The molecule has 29 heavy (non-hydrogen) atoms. The lowest BCUT2D eigenvalue weighted by atomic mass is 9.47. The number of hydrogen-bond donors (Lipinski definition) is 1. The standard InChI is InChI=1S/C25H32N2O2/c1-24-11-9-20-18(19(24)7-8-21(24)28)15-16(14-17-6-4-5-13-26-17)23-25(20,2)12-10-22(29)27(23)3/h4-6,10,12-14,18-21,23,28H,7-9,11,15H2,1-3H3/t18-,19-,20+,21?,23?,24-,25+/m0/s1. The molecule has 154 valence electrons. The van der Waals surface area contributed by atoms with Crippen molar-refractivity contribution < 1.29 is 9.90 Å². The van der Waals surface area contributed by atoms with Crippen LogP contribution in [0, 0.1) is 28.6 Å². The van der Waals surface area contributed by atoms with Crippen LogP contribution in [0.4, 0.5) is 0 Å². The van der Waals surface area contributed by atoms with E-state index in [1.54, 1.807) is 6.08 Å². The third-order valence-corrected chi connectivity index (χ3v) is 8.94. The highest BCUT2D eigenvalue weighted by Gasteiger charge is 2.61. The summed E-state index contributed by atoms with van der Waals surface area (Å²) in [6, 6.07) is 6.08. The maximum absolute atomic E-state index is 12.6. The highest BCUT2D eigenvalue weighted by molar-refractivity contribution is 5.89. The summed E-state index contributed by atoms with van der Waals surface area (Å²) < 4.78 is 0. The molecule has 4 aliphatic rings. The van der Waals surface area contributed by atoms with Gasteiger partial charge in [0.2, 0.25) is 5.91 Å². The number of carbonyl (C=O) groups excluding carboxylic acids is 1. The number of aliphatic hydroxyl groups is 1. The first-order chi connectivity index (χ1) is 13.8. The smallest absolute Gasteiger partial charge is 0.246 e. The Kier molecular flexibility index (Phi) is 4.29. The number of amides is 1. The van der Waals surface area contributed by atoms with Gasteiger partial charge in [0.25, 0.3) is 0 Å². The molecule has 2 unspecified atom stereocenters. The number of aromatic nitrogens is 1. The van der Waals surface area contributed by atoms with Crippen molar-refractivity contribution in [2.45, 2.75) is 58.1 Å². The first-order valence-corrected chi connectivity index (χ1v) is 11.1. The number of nitrogens with zero attached hydrogens (tertiary/aromatic N) is 2. The van der Waals surface area contributed by atoms with Gasteiger partial charge in [-0.05, 0) is 85.1 Å². The Morgan fingerprint density at radius 3 is 2.79 bits per heavy atom. The largest absolute Gasteiger partial charge is 0.393 e. The second-order valence-corrected chi connectivity index (χ2v) is 10.2. The van der Waals surface area contributed by atoms with Gasteiger partial charge >= 0.3 is 0 Å². The molecule has 1 aromatic heterocycles. The zero-order valence-electron chi connectivity index (χ0n) is 17.7. The zero-order chi connectivity index (χ0) is 20.4. The normalized spacial score (nSPS) is 45.1. The van der Waals surface area contributed by atoms with Gasteiger partial charge in [0.05, 0.1) is 17.8 Å². The average molecular weight is 393 g/mol. The molecule has 1 aliphatic heterocycles. The molecule has 7 atom stereocenters. The minimum Gasteiger partial charge on any atom is -0.393 e. The van der Waals surface area contributed by atoms with Crippen molar-refractivity contribution in [3.05, 3.63) is 47.8 Å². The van der Waals surface area contributed by atoms with Gasteiger partial charge in [0.1, 0.15) is 0 Å². The number of hydrogen-bond acceptors (Lipinski definition) is 3. The predicted octanol–water partition coefficient (Wildman–Crippen LogP) is 4.08. The molecule has 5 rings (SSSR count). The number of aliphatic hydroxyl groups excluding tert-OH is 1. The third-order valence-electron chi connectivity index (χ3n) is 8.94. The van der Waals surface area contributed by atoms with Gasteiger partial charge in [-0.3, -0.25) is 9.78 Å². The van der Waals surface area contributed by atoms with Gasteiger partial charge < -0.3 is 10.0 Å². The molecule has 3 saturated carbocycles. The van der Waals surface area contributed by atoms with Gasteiger partial charge in [-0.1, -0.05) is 26.0 Å². The summed E-state index contributed by atoms with van der Waals surface area (Å²) >= 11 is 0. The Morgan fingerprint density at radius 2 is 2.03 bits per heavy atom. The molecule has 0 spiro atoms. The highest BCUT2D eigenvalue weighted by Crippen LogP contribution is 2.64. The van der Waals surface area contributed by atoms with Crippen LogP contribution in [0.15, 0.2) is 42.1 Å². The van der Waals surface area contributed by atoms with Gasteiger partial charge in [0.15, 0.2) is 0 Å². The summed E-state index contributed by atoms with van der Waals surface area (Å²) in [4.78, 5) is 19.1. The lowest BCUT2D eigenvalue weighted by Crippen LogP contribution is -2.60. The van der Waals surface area contributed by atoms with Gasteiger partial charge in [-0.25, -0.2) is 0 Å². The molecule has 1 amide bonds. The maximum Gasteiger partial charge on any atom is 0.246 e. The minimum atomic E-state index is -0.173. The Labute approximate surface area is 173 Å². The number of carbonyl (C=O) groups is 1. The van der Waals surface area contributed by atoms with Crippen molar-refractivity contribution in [2.24, 2.45) is 28.6 Å². The number of likely N-dealkylation sites (N-methyl/N-ethyl adjacent to an activating group) is 1. The SMILES string of the molecule is CN1C(=O)C=C[C@@]2(C)C1C(=Cc1ccccn1)C[C@@H]1[C@H]2CC[C@]2(C)C(O)CC[C@@H]12. The minimum absolute atomic E-state index is 0.0422. The Balaban J connectivity index is 1.62. The van der Waals surface area contributed by atoms with Crippen LogP contribution in [-0.4, -0.2) is 40.1 Å². The van der Waals surface area contributed by atoms with Crippen molar-refractivity contribution in [3.63, 3.8) is 0 Å². The van der Waals surface area contributed by atoms with E-state index in [4.69, 9.17) is 0 Å². The summed E-state index contributed by atoms with van der Waals surface area (Å²) in [5, 5.41) is 10.8. The van der Waals surface area contributed by atoms with Gasteiger partial charge in [0, 0.05) is 18.7 Å². The predicted molar refractivity (Wildman–Crippen MR) is 114 cm³/mol. The first kappa shape index (κ1) is 19.0. The number of fused-ring (bicyclic) bond motifs is 5. The molecule has 4 nitrogen and oxygen atoms in total. The molecule has 0 radical (unpaired) electrons. The molecule has 0 aromatic carbocycles. The number of pyridine rings is 1. The zero-order valence-corrected chi connectivity index (χ0v) is 17.7. The monoisotopic (exact) mass is 392 g/mol. The van der Waals surface area contributed by atoms with Crippen molar-refractivity contribution in [2.75, 3.05) is 7.05 Å². The van der Waals surface area contributed by atoms with Crippen molar-refractivity contribution in [1.82, 2.24) is 9.88 Å². The van der Waals surface area contributed by atoms with E-state index in [2.05, 4.69) is 31.0 Å². The summed E-state index contributed by atoms with van der Waals surface area (Å²) in [5.41, 5.74) is 2.25. The number of rotatable bonds is 1. The molecule has 0 bridgehead atoms. The van der Waals surface area contributed by atoms with E-state index in [-0.39, 0.29) is 28.9 Å². The second kappa shape index (κ2) is 6.53. The van der Waals surface area contributed by atoms with E-state index >= 15 is 0 Å². The van der Waals surface area contributed by atoms with E-state index < -0.39 is 0 Å². The van der Waals surface area contributed by atoms with Crippen LogP contribution in [-0.2, 0) is 4.79 Å². The Morgan fingerprint density at radius 1 is 1.21 bits per heavy atom. The first-order valence-electron chi connectivity index (χ1n) is 11.1. The maximum atomic E-state index is 12.6. The summed E-state index contributed by atoms with van der Waals surface area (Å²) in [6.45, 7) is 4.67. The molecule has 4 heteroatoms. The summed E-state index contributed by atoms with van der Waals surface area (Å²) in [7, 11) is 1.95. The lowest BCUT2D eigenvalue weighted by Gasteiger charge is -2.60. The topological polar surface area (TPSA) is 53.4 Å². The molecule has 3 fully saturated rings. The fraction of sp³-hybridized carbons (Fsp3) is 0.600. The van der Waals surface area contributed by atoms with Gasteiger partial charge in [-0.2, -0.15) is 0 Å². The van der Waals surface area contributed by atoms with E-state index in [1.807, 2.05) is 36.3 Å². The molecule has 0 saturated heterocycles. The molecule has 3 aliphatic carbocycles. The highest BCUT2D eigenvalue weighted by atomic mass is 16.3. The van der Waals surface area contributed by atoms with Crippen LogP contribution in [0.1, 0.15) is 51.6 Å². The van der Waals surface area contributed by atoms with Crippen molar-refractivity contribution in [3.8, 4) is 0 Å². The fourth-order valence-electron chi connectivity index (χ4n) is 7.47. The van der Waals surface area contributed by atoms with Gasteiger partial charge in [-0.15, -0.1) is 0 Å². The van der Waals surface area contributed by atoms with Crippen LogP contribution in [0.5, 0.6) is 0 Å². The van der Waals surface area contributed by atoms with E-state index in [0.717, 1.165) is 37.8 Å². The summed E-state index contributed by atoms with van der Waals surface area (Å²) in [5.74, 6) is 1.74.